The van der Waals surface area contributed by atoms with Gasteiger partial charge in [-0.3, -0.25) is 0 Å². The third-order valence-corrected chi connectivity index (χ3v) is 3.66. The highest BCUT2D eigenvalue weighted by Gasteiger charge is 2.25. The first kappa shape index (κ1) is 16.6. The van der Waals surface area contributed by atoms with Crippen molar-refractivity contribution in [3.63, 3.8) is 0 Å². The number of carbonyl (C=O) groups excluding carboxylic acids is 2. The molecule has 7 nitrogen and oxygen atoms in total. The lowest BCUT2D eigenvalue weighted by Gasteiger charge is -2.27. The molecular weight excluding hydrogens is 286 g/mol. The van der Waals surface area contributed by atoms with Crippen molar-refractivity contribution in [3.05, 3.63) is 12.2 Å². The molecule has 0 heterocycles. The van der Waals surface area contributed by atoms with Crippen molar-refractivity contribution < 1.29 is 27.5 Å². The number of rotatable bonds is 5. The van der Waals surface area contributed by atoms with Gasteiger partial charge in [0, 0.05) is 18.2 Å². The minimum Gasteiger partial charge on any atom is -0.466 e. The van der Waals surface area contributed by atoms with Crippen molar-refractivity contribution in [2.75, 3.05) is 13.4 Å². The van der Waals surface area contributed by atoms with Crippen molar-refractivity contribution >= 4 is 22.0 Å². The van der Waals surface area contributed by atoms with Crippen LogP contribution in [0.15, 0.2) is 12.2 Å². The Kier molecular flexibility index (Phi) is 6.15. The molecule has 0 unspecified atom stereocenters. The molecule has 0 amide bonds. The van der Waals surface area contributed by atoms with E-state index in [1.165, 1.54) is 7.11 Å². The molecule has 0 saturated heterocycles. The maximum Gasteiger partial charge on any atom is 0.331 e. The molecule has 114 valence electrons. The Morgan fingerprint density at radius 2 is 1.65 bits per heavy atom. The van der Waals surface area contributed by atoms with Crippen LogP contribution >= 0.6 is 0 Å². The van der Waals surface area contributed by atoms with Gasteiger partial charge in [0.15, 0.2) is 0 Å². The molecule has 1 rings (SSSR count). The number of ether oxygens (including phenoxy) is 2. The first-order chi connectivity index (χ1) is 9.30. The molecule has 0 bridgehead atoms. The van der Waals surface area contributed by atoms with Crippen molar-refractivity contribution in [1.82, 2.24) is 4.72 Å². The van der Waals surface area contributed by atoms with E-state index < -0.39 is 22.0 Å². The number of carbonyl (C=O) groups is 2. The summed E-state index contributed by atoms with van der Waals surface area (Å²) in [6.45, 7) is 0. The normalized spacial score (nSPS) is 23.5. The largest absolute Gasteiger partial charge is 0.466 e. The zero-order valence-electron chi connectivity index (χ0n) is 11.5. The van der Waals surface area contributed by atoms with Gasteiger partial charge in [0.1, 0.15) is 6.10 Å². The summed E-state index contributed by atoms with van der Waals surface area (Å²) in [6.07, 6.45) is 5.30. The van der Waals surface area contributed by atoms with Gasteiger partial charge in [-0.2, -0.15) is 0 Å². The van der Waals surface area contributed by atoms with E-state index in [0.29, 0.717) is 25.7 Å². The van der Waals surface area contributed by atoms with Crippen LogP contribution in [-0.2, 0) is 29.1 Å². The summed E-state index contributed by atoms with van der Waals surface area (Å²) in [7, 11) is -1.99. The van der Waals surface area contributed by atoms with E-state index in [-0.39, 0.29) is 12.1 Å². The lowest BCUT2D eigenvalue weighted by atomic mass is 9.94. The average molecular weight is 305 g/mol. The molecular formula is C12H19NO6S. The monoisotopic (exact) mass is 305 g/mol. The quantitative estimate of drug-likeness (QED) is 0.572. The fraction of sp³-hybridized carbons (Fsp3) is 0.667. The van der Waals surface area contributed by atoms with Gasteiger partial charge in [-0.15, -0.1) is 0 Å². The molecule has 1 aliphatic carbocycles. The first-order valence-electron chi connectivity index (χ1n) is 6.24. The van der Waals surface area contributed by atoms with Gasteiger partial charge in [-0.25, -0.2) is 22.7 Å². The summed E-state index contributed by atoms with van der Waals surface area (Å²) < 4.78 is 34.2. The van der Waals surface area contributed by atoms with Gasteiger partial charge >= 0.3 is 11.9 Å². The van der Waals surface area contributed by atoms with Crippen LogP contribution in [0.5, 0.6) is 0 Å². The number of nitrogens with one attached hydrogen (secondary N) is 1. The predicted molar refractivity (Wildman–Crippen MR) is 71.3 cm³/mol. The Bertz CT molecular complexity index is 476. The van der Waals surface area contributed by atoms with E-state index in [9.17, 15) is 18.0 Å². The second kappa shape index (κ2) is 7.39. The van der Waals surface area contributed by atoms with Crippen LogP contribution in [0.4, 0.5) is 0 Å². The topological polar surface area (TPSA) is 98.8 Å². The molecule has 1 N–H and O–H groups in total. The number of esters is 2. The summed E-state index contributed by atoms with van der Waals surface area (Å²) >= 11 is 0. The Morgan fingerprint density at radius 3 is 2.15 bits per heavy atom. The molecule has 1 aliphatic rings. The first-order valence-corrected chi connectivity index (χ1v) is 8.13. The van der Waals surface area contributed by atoms with E-state index in [1.807, 2.05) is 0 Å². The average Bonchev–Trinajstić information content (AvgIpc) is 2.36. The molecule has 0 aromatic heterocycles. The molecule has 0 atom stereocenters. The zero-order valence-corrected chi connectivity index (χ0v) is 12.3. The van der Waals surface area contributed by atoms with E-state index >= 15 is 0 Å². The standard InChI is InChI=1S/C12H19NO6S/c1-18-11(14)7-8-12(15)19-10-5-3-9(4-6-10)13-20(2,16)17/h7-10,13H,3-6H2,1-2H3/b8-7+. The third-order valence-electron chi connectivity index (χ3n) is 2.89. The molecule has 1 saturated carbocycles. The van der Waals surface area contributed by atoms with E-state index in [1.54, 1.807) is 0 Å². The van der Waals surface area contributed by atoms with Crippen LogP contribution in [0.2, 0.25) is 0 Å². The molecule has 0 aromatic carbocycles. The van der Waals surface area contributed by atoms with Crippen molar-refractivity contribution in [2.24, 2.45) is 0 Å². The number of sulfonamides is 1. The van der Waals surface area contributed by atoms with Gasteiger partial charge in [0.05, 0.1) is 13.4 Å². The minimum atomic E-state index is -3.21. The smallest absolute Gasteiger partial charge is 0.331 e. The fourth-order valence-corrected chi connectivity index (χ4v) is 2.85. The van der Waals surface area contributed by atoms with Gasteiger partial charge < -0.3 is 9.47 Å². The molecule has 0 radical (unpaired) electrons. The van der Waals surface area contributed by atoms with Crippen molar-refractivity contribution in [3.8, 4) is 0 Å². The Labute approximate surface area is 118 Å². The molecule has 1 fully saturated rings. The lowest BCUT2D eigenvalue weighted by molar-refractivity contribution is -0.145. The van der Waals surface area contributed by atoms with Crippen LogP contribution in [-0.4, -0.2) is 45.9 Å². The Hall–Kier alpha value is -1.41. The number of hydrogen-bond donors (Lipinski definition) is 1. The Balaban J connectivity index is 2.34. The number of methoxy groups -OCH3 is 1. The van der Waals surface area contributed by atoms with E-state index in [2.05, 4.69) is 9.46 Å². The van der Waals surface area contributed by atoms with Crippen LogP contribution in [0.25, 0.3) is 0 Å². The maximum absolute atomic E-state index is 11.4. The highest BCUT2D eigenvalue weighted by Crippen LogP contribution is 2.21. The van der Waals surface area contributed by atoms with Crippen LogP contribution in [0, 0.1) is 0 Å². The van der Waals surface area contributed by atoms with Gasteiger partial charge in [0.25, 0.3) is 0 Å². The fourth-order valence-electron chi connectivity index (χ4n) is 2.01. The Morgan fingerprint density at radius 1 is 1.10 bits per heavy atom. The zero-order chi connectivity index (χ0) is 15.2. The summed E-state index contributed by atoms with van der Waals surface area (Å²) in [5.74, 6) is -1.22. The van der Waals surface area contributed by atoms with Gasteiger partial charge in [-0.1, -0.05) is 0 Å². The summed E-state index contributed by atoms with van der Waals surface area (Å²) in [4.78, 5) is 22.2. The van der Waals surface area contributed by atoms with Gasteiger partial charge in [-0.05, 0) is 25.7 Å². The second-order valence-corrected chi connectivity index (χ2v) is 6.44. The van der Waals surface area contributed by atoms with Gasteiger partial charge in [0.2, 0.25) is 10.0 Å². The third kappa shape index (κ3) is 6.67. The summed E-state index contributed by atoms with van der Waals surface area (Å²) in [5.41, 5.74) is 0. The second-order valence-electron chi connectivity index (χ2n) is 4.66. The van der Waals surface area contributed by atoms with E-state index in [0.717, 1.165) is 18.4 Å². The highest BCUT2D eigenvalue weighted by molar-refractivity contribution is 7.88. The van der Waals surface area contributed by atoms with Crippen LogP contribution in [0.1, 0.15) is 25.7 Å². The molecule has 0 aromatic rings. The van der Waals surface area contributed by atoms with E-state index in [4.69, 9.17) is 4.74 Å². The molecule has 20 heavy (non-hydrogen) atoms. The van der Waals surface area contributed by atoms with Crippen molar-refractivity contribution in [1.29, 1.82) is 0 Å². The van der Waals surface area contributed by atoms with Crippen LogP contribution in [0.3, 0.4) is 0 Å². The summed E-state index contributed by atoms with van der Waals surface area (Å²) in [5, 5.41) is 0. The van der Waals surface area contributed by atoms with Crippen LogP contribution < -0.4 is 4.72 Å². The van der Waals surface area contributed by atoms with Crippen molar-refractivity contribution in [2.45, 2.75) is 37.8 Å². The molecule has 0 spiro atoms. The predicted octanol–water partition coefficient (Wildman–Crippen LogP) is 0.119. The summed E-state index contributed by atoms with van der Waals surface area (Å²) in [6, 6.07) is -0.106. The maximum atomic E-state index is 11.4. The lowest BCUT2D eigenvalue weighted by Crippen LogP contribution is -2.38. The molecule has 8 heteroatoms. The molecule has 0 aliphatic heterocycles. The highest BCUT2D eigenvalue weighted by atomic mass is 32.2. The minimum absolute atomic E-state index is 0.106. The number of hydrogen-bond acceptors (Lipinski definition) is 6. The SMILES string of the molecule is COC(=O)/C=C/C(=O)OC1CCC(NS(C)(=O)=O)CC1.